The summed E-state index contributed by atoms with van der Waals surface area (Å²) in [5.74, 6) is 3.08. The minimum atomic E-state index is -0.774. The third-order valence-corrected chi connectivity index (χ3v) is 8.58. The second kappa shape index (κ2) is 15.0. The average Bonchev–Trinajstić information content (AvgIpc) is 3.91. The molecule has 1 saturated heterocycles. The van der Waals surface area contributed by atoms with Gasteiger partial charge in [0.2, 0.25) is 0 Å². The molecule has 0 saturated carbocycles. The van der Waals surface area contributed by atoms with Crippen LogP contribution in [0, 0.1) is 0 Å². The van der Waals surface area contributed by atoms with E-state index in [2.05, 4.69) is 76.2 Å². The van der Waals surface area contributed by atoms with Crippen molar-refractivity contribution in [2.45, 2.75) is 50.7 Å². The fourth-order valence-electron chi connectivity index (χ4n) is 5.23. The summed E-state index contributed by atoms with van der Waals surface area (Å²) in [4.78, 5) is 0. The molecule has 0 radical (unpaired) electrons. The topological polar surface area (TPSA) is 78.9 Å². The maximum atomic E-state index is 10.5. The quantitative estimate of drug-likeness (QED) is 0.100. The number of epoxide rings is 1. The van der Waals surface area contributed by atoms with E-state index in [0.717, 1.165) is 23.7 Å². The number of benzene rings is 4. The van der Waals surface area contributed by atoms with Gasteiger partial charge in [-0.25, -0.2) is 0 Å². The van der Waals surface area contributed by atoms with E-state index < -0.39 is 6.10 Å². The maximum absolute atomic E-state index is 10.5. The Kier molecular flexibility index (Phi) is 10.9. The molecule has 244 valence electrons. The Morgan fingerprint density at radius 3 is 1.28 bits per heavy atom. The normalized spacial score (nSPS) is 15.2. The van der Waals surface area contributed by atoms with Crippen molar-refractivity contribution in [2.75, 3.05) is 46.8 Å². The second-order valence-corrected chi connectivity index (χ2v) is 12.7. The van der Waals surface area contributed by atoms with Gasteiger partial charge in [-0.2, -0.15) is 0 Å². The molecule has 7 nitrogen and oxygen atoms in total. The fraction of sp³-hybridized carbons (Fsp3) is 0.385. The molecule has 0 aliphatic carbocycles. The first-order chi connectivity index (χ1) is 22.1. The van der Waals surface area contributed by atoms with Crippen LogP contribution in [0.2, 0.25) is 0 Å². The van der Waals surface area contributed by atoms with Gasteiger partial charge in [0.05, 0.1) is 13.2 Å². The number of hydrogen-bond donors (Lipinski definition) is 1. The lowest BCUT2D eigenvalue weighted by molar-refractivity contribution is 0.0626. The highest BCUT2D eigenvalue weighted by Crippen LogP contribution is 2.35. The van der Waals surface area contributed by atoms with Crippen molar-refractivity contribution < 1.29 is 33.5 Å². The molecular weight excluding hydrogens is 580 g/mol. The summed E-state index contributed by atoms with van der Waals surface area (Å²) >= 11 is 0. The van der Waals surface area contributed by atoms with Crippen LogP contribution >= 0.6 is 0 Å². The lowest BCUT2D eigenvalue weighted by Crippen LogP contribution is -2.25. The monoisotopic (exact) mass is 626 g/mol. The van der Waals surface area contributed by atoms with Gasteiger partial charge < -0.3 is 33.5 Å². The van der Waals surface area contributed by atoms with Crippen LogP contribution in [0.1, 0.15) is 49.9 Å². The van der Waals surface area contributed by atoms with Gasteiger partial charge in [0.25, 0.3) is 0 Å². The molecule has 1 aliphatic rings. The summed E-state index contributed by atoms with van der Waals surface area (Å²) < 4.78 is 33.5. The van der Waals surface area contributed by atoms with Gasteiger partial charge in [-0.1, -0.05) is 76.2 Å². The van der Waals surface area contributed by atoms with Gasteiger partial charge in [-0.15, -0.1) is 0 Å². The zero-order valence-electron chi connectivity index (χ0n) is 27.5. The van der Waals surface area contributed by atoms with Crippen LogP contribution in [0.5, 0.6) is 23.0 Å². The Morgan fingerprint density at radius 1 is 0.587 bits per heavy atom. The molecule has 0 spiro atoms. The molecule has 0 aromatic heterocycles. The van der Waals surface area contributed by atoms with Gasteiger partial charge >= 0.3 is 0 Å². The Labute approximate surface area is 273 Å². The molecule has 0 bridgehead atoms. The van der Waals surface area contributed by atoms with Crippen LogP contribution in [0.15, 0.2) is 97.1 Å². The van der Waals surface area contributed by atoms with Crippen molar-refractivity contribution >= 4 is 0 Å². The molecule has 2 atom stereocenters. The molecule has 4 aromatic rings. The SMILES string of the molecule is COCCOc1ccc(C(C)(C)c2ccc(OCC(O)COc3ccc(C(C)(C)c4ccc(OCC5CO5)cc4)cc3)cc2)cc1. The molecular formula is C39H46O7. The van der Waals surface area contributed by atoms with E-state index >= 15 is 0 Å². The molecule has 4 aromatic carbocycles. The average molecular weight is 627 g/mol. The highest BCUT2D eigenvalue weighted by atomic mass is 16.6. The van der Waals surface area contributed by atoms with Crippen molar-refractivity contribution in [3.8, 4) is 23.0 Å². The van der Waals surface area contributed by atoms with E-state index in [1.807, 2.05) is 48.5 Å². The van der Waals surface area contributed by atoms with Crippen molar-refractivity contribution in [3.05, 3.63) is 119 Å². The summed E-state index contributed by atoms with van der Waals surface area (Å²) in [5, 5.41) is 10.5. The minimum Gasteiger partial charge on any atom is -0.491 e. The maximum Gasteiger partial charge on any atom is 0.122 e. The standard InChI is InChI=1S/C39H46O7/c1-38(2,28-6-14-33(15-7-28)42-23-22-41-5)29-8-16-34(17-9-29)43-24-32(40)25-44-35-18-10-30(11-19-35)39(3,4)31-12-20-36(21-13-31)45-26-37-27-46-37/h6-21,32,37,40H,22-27H2,1-5H3. The van der Waals surface area contributed by atoms with Gasteiger partial charge in [0, 0.05) is 17.9 Å². The first kappa shape index (κ1) is 33.3. The van der Waals surface area contributed by atoms with Crippen LogP contribution in [-0.4, -0.2) is 64.1 Å². The molecule has 1 N–H and O–H groups in total. The molecule has 5 rings (SSSR count). The Bertz CT molecular complexity index is 1490. The number of aliphatic hydroxyl groups is 1. The molecule has 7 heteroatoms. The molecule has 2 unspecified atom stereocenters. The fourth-order valence-corrected chi connectivity index (χ4v) is 5.23. The third kappa shape index (κ3) is 8.81. The van der Waals surface area contributed by atoms with E-state index in [-0.39, 0.29) is 30.1 Å². The Morgan fingerprint density at radius 2 is 0.935 bits per heavy atom. The Hall–Kier alpha value is -4.04. The van der Waals surface area contributed by atoms with Crippen LogP contribution < -0.4 is 18.9 Å². The minimum absolute atomic E-state index is 0.131. The smallest absolute Gasteiger partial charge is 0.122 e. The second-order valence-electron chi connectivity index (χ2n) is 12.7. The molecule has 0 amide bonds. The lowest BCUT2D eigenvalue weighted by atomic mass is 9.78. The van der Waals surface area contributed by atoms with E-state index in [4.69, 9.17) is 28.4 Å². The summed E-state index contributed by atoms with van der Waals surface area (Å²) in [6, 6.07) is 32.5. The van der Waals surface area contributed by atoms with Crippen LogP contribution in [-0.2, 0) is 20.3 Å². The first-order valence-electron chi connectivity index (χ1n) is 15.9. The largest absolute Gasteiger partial charge is 0.491 e. The van der Waals surface area contributed by atoms with Crippen molar-refractivity contribution in [2.24, 2.45) is 0 Å². The van der Waals surface area contributed by atoms with Crippen LogP contribution in [0.3, 0.4) is 0 Å². The number of rotatable bonds is 17. The van der Waals surface area contributed by atoms with Crippen molar-refractivity contribution in [3.63, 3.8) is 0 Å². The van der Waals surface area contributed by atoms with Gasteiger partial charge in [-0.3, -0.25) is 0 Å². The zero-order valence-corrected chi connectivity index (χ0v) is 27.5. The predicted molar refractivity (Wildman–Crippen MR) is 180 cm³/mol. The number of ether oxygens (including phenoxy) is 6. The molecule has 1 fully saturated rings. The van der Waals surface area contributed by atoms with E-state index in [9.17, 15) is 5.11 Å². The summed E-state index contributed by atoms with van der Waals surface area (Å²) in [6.07, 6.45) is -0.534. The summed E-state index contributed by atoms with van der Waals surface area (Å²) in [6.45, 7) is 11.5. The van der Waals surface area contributed by atoms with Crippen LogP contribution in [0.4, 0.5) is 0 Å². The van der Waals surface area contributed by atoms with Gasteiger partial charge in [-0.05, 0) is 70.8 Å². The van der Waals surface area contributed by atoms with E-state index in [0.29, 0.717) is 31.3 Å². The summed E-state index contributed by atoms with van der Waals surface area (Å²) in [7, 11) is 1.66. The van der Waals surface area contributed by atoms with Crippen molar-refractivity contribution in [1.29, 1.82) is 0 Å². The predicted octanol–water partition coefficient (Wildman–Crippen LogP) is 6.96. The first-order valence-corrected chi connectivity index (χ1v) is 15.9. The zero-order chi connectivity index (χ0) is 32.6. The van der Waals surface area contributed by atoms with Crippen molar-refractivity contribution in [1.82, 2.24) is 0 Å². The van der Waals surface area contributed by atoms with Gasteiger partial charge in [0.15, 0.2) is 0 Å². The lowest BCUT2D eigenvalue weighted by Gasteiger charge is -2.26. The van der Waals surface area contributed by atoms with Crippen LogP contribution in [0.25, 0.3) is 0 Å². The molecule has 46 heavy (non-hydrogen) atoms. The summed E-state index contributed by atoms with van der Waals surface area (Å²) in [5.41, 5.74) is 4.31. The number of aliphatic hydroxyl groups excluding tert-OH is 1. The third-order valence-electron chi connectivity index (χ3n) is 8.58. The number of hydrogen-bond acceptors (Lipinski definition) is 7. The molecule has 1 heterocycles. The van der Waals surface area contributed by atoms with E-state index in [1.54, 1.807) is 7.11 Å². The highest BCUT2D eigenvalue weighted by Gasteiger charge is 2.25. The Balaban J connectivity index is 1.07. The molecule has 1 aliphatic heterocycles. The van der Waals surface area contributed by atoms with E-state index in [1.165, 1.54) is 16.7 Å². The number of methoxy groups -OCH3 is 1. The highest BCUT2D eigenvalue weighted by molar-refractivity contribution is 5.43. The van der Waals surface area contributed by atoms with Gasteiger partial charge in [0.1, 0.15) is 61.6 Å².